The number of alkyl halides is 3. The van der Waals surface area contributed by atoms with Crippen molar-refractivity contribution in [2.75, 3.05) is 0 Å². The van der Waals surface area contributed by atoms with Gasteiger partial charge in [-0.25, -0.2) is 4.39 Å². The van der Waals surface area contributed by atoms with Gasteiger partial charge in [0.25, 0.3) is 0 Å². The number of aliphatic carboxylic acids is 1. The molecule has 0 aromatic heterocycles. The van der Waals surface area contributed by atoms with Gasteiger partial charge in [-0.3, -0.25) is 9.59 Å². The van der Waals surface area contributed by atoms with Gasteiger partial charge in [-0.15, -0.1) is 0 Å². The van der Waals surface area contributed by atoms with Gasteiger partial charge < -0.3 is 10.4 Å². The van der Waals surface area contributed by atoms with E-state index in [0.717, 1.165) is 18.2 Å². The van der Waals surface area contributed by atoms with Gasteiger partial charge in [0.15, 0.2) is 0 Å². The highest BCUT2D eigenvalue weighted by molar-refractivity contribution is 6.30. The van der Waals surface area contributed by atoms with Gasteiger partial charge in [0.1, 0.15) is 5.82 Å². The average molecular weight is 314 g/mol. The van der Waals surface area contributed by atoms with Crippen LogP contribution in [0.5, 0.6) is 0 Å². The van der Waals surface area contributed by atoms with Crippen LogP contribution < -0.4 is 5.32 Å². The van der Waals surface area contributed by atoms with Crippen LogP contribution in [0.1, 0.15) is 18.0 Å². The number of nitrogens with one attached hydrogen (secondary N) is 1. The summed E-state index contributed by atoms with van der Waals surface area (Å²) in [5, 5.41) is 9.86. The zero-order chi connectivity index (χ0) is 15.5. The molecule has 1 atom stereocenters. The summed E-state index contributed by atoms with van der Waals surface area (Å²) in [6.45, 7) is 0. The third-order valence-corrected chi connectivity index (χ3v) is 2.59. The fraction of sp³-hybridized carbons (Fsp3) is 0.273. The van der Waals surface area contributed by atoms with Crippen LogP contribution in [0.25, 0.3) is 0 Å². The number of carboxylic acid groups (broad SMARTS) is 1. The predicted molar refractivity (Wildman–Crippen MR) is 60.6 cm³/mol. The zero-order valence-corrected chi connectivity index (χ0v) is 10.4. The first-order valence-corrected chi connectivity index (χ1v) is 5.53. The van der Waals surface area contributed by atoms with Crippen LogP contribution in [0.3, 0.4) is 0 Å². The Hall–Kier alpha value is -1.83. The van der Waals surface area contributed by atoms with E-state index in [0.29, 0.717) is 0 Å². The maximum absolute atomic E-state index is 13.2. The number of carbonyl (C=O) groups excluding carboxylic acids is 1. The maximum atomic E-state index is 13.2. The van der Waals surface area contributed by atoms with E-state index in [9.17, 15) is 27.2 Å². The summed E-state index contributed by atoms with van der Waals surface area (Å²) in [6.07, 6.45) is -6.00. The molecule has 2 N–H and O–H groups in total. The molecule has 0 heterocycles. The quantitative estimate of drug-likeness (QED) is 0.840. The lowest BCUT2D eigenvalue weighted by Gasteiger charge is -2.18. The Bertz CT molecular complexity index is 533. The minimum atomic E-state index is -5.16. The molecule has 1 aromatic rings. The maximum Gasteiger partial charge on any atom is 0.471 e. The van der Waals surface area contributed by atoms with Gasteiger partial charge in [-0.1, -0.05) is 17.7 Å². The Labute approximate surface area is 115 Å². The molecule has 0 spiro atoms. The van der Waals surface area contributed by atoms with E-state index in [2.05, 4.69) is 0 Å². The van der Waals surface area contributed by atoms with E-state index in [-0.39, 0.29) is 10.6 Å². The van der Waals surface area contributed by atoms with Crippen molar-refractivity contribution in [1.29, 1.82) is 0 Å². The number of hydrogen-bond acceptors (Lipinski definition) is 2. The summed E-state index contributed by atoms with van der Waals surface area (Å²) in [5.41, 5.74) is -0.132. The molecule has 0 aliphatic rings. The van der Waals surface area contributed by atoms with Gasteiger partial charge in [0, 0.05) is 0 Å². The highest BCUT2D eigenvalue weighted by atomic mass is 35.5. The smallest absolute Gasteiger partial charge is 0.471 e. The van der Waals surface area contributed by atoms with E-state index in [1.165, 1.54) is 5.32 Å². The van der Waals surface area contributed by atoms with Crippen molar-refractivity contribution in [3.63, 3.8) is 0 Å². The number of hydrogen-bond donors (Lipinski definition) is 2. The van der Waals surface area contributed by atoms with Crippen molar-refractivity contribution in [3.8, 4) is 0 Å². The Kier molecular flexibility index (Phi) is 4.93. The summed E-state index contributed by atoms with van der Waals surface area (Å²) in [5.74, 6) is -4.69. The largest absolute Gasteiger partial charge is 0.481 e. The molecule has 0 saturated carbocycles. The second kappa shape index (κ2) is 6.08. The minimum absolute atomic E-state index is 0.132. The van der Waals surface area contributed by atoms with Crippen LogP contribution in [0.4, 0.5) is 17.6 Å². The summed E-state index contributed by atoms with van der Waals surface area (Å²) < 4.78 is 49.7. The van der Waals surface area contributed by atoms with Crippen molar-refractivity contribution in [1.82, 2.24) is 5.32 Å². The SMILES string of the molecule is O=C(O)C[C@H](NC(=O)C(F)(F)F)c1ccc(Cl)c(F)c1. The number of amides is 1. The molecule has 9 heteroatoms. The summed E-state index contributed by atoms with van der Waals surface area (Å²) in [7, 11) is 0. The van der Waals surface area contributed by atoms with Crippen LogP contribution in [0.2, 0.25) is 5.02 Å². The monoisotopic (exact) mass is 313 g/mol. The first kappa shape index (κ1) is 16.2. The van der Waals surface area contributed by atoms with Crippen LogP contribution >= 0.6 is 11.6 Å². The molecular formula is C11H8ClF4NO3. The molecule has 110 valence electrons. The summed E-state index contributed by atoms with van der Waals surface area (Å²) in [4.78, 5) is 21.4. The first-order valence-electron chi connectivity index (χ1n) is 5.15. The van der Waals surface area contributed by atoms with E-state index >= 15 is 0 Å². The molecule has 0 aliphatic heterocycles. The second-order valence-electron chi connectivity index (χ2n) is 3.80. The summed E-state index contributed by atoms with van der Waals surface area (Å²) in [6, 6.07) is 1.44. The van der Waals surface area contributed by atoms with Crippen molar-refractivity contribution in [2.45, 2.75) is 18.6 Å². The van der Waals surface area contributed by atoms with Crippen LogP contribution in [-0.4, -0.2) is 23.2 Å². The van der Waals surface area contributed by atoms with Crippen LogP contribution in [0, 0.1) is 5.82 Å². The molecule has 1 rings (SSSR count). The third kappa shape index (κ3) is 4.37. The third-order valence-electron chi connectivity index (χ3n) is 2.29. The fourth-order valence-corrected chi connectivity index (χ4v) is 1.51. The van der Waals surface area contributed by atoms with Crippen LogP contribution in [0.15, 0.2) is 18.2 Å². The summed E-state index contributed by atoms with van der Waals surface area (Å²) >= 11 is 5.41. The molecule has 0 saturated heterocycles. The van der Waals surface area contributed by atoms with E-state index in [1.54, 1.807) is 0 Å². The van der Waals surface area contributed by atoms with Crippen LogP contribution in [-0.2, 0) is 9.59 Å². The second-order valence-corrected chi connectivity index (χ2v) is 4.20. The predicted octanol–water partition coefficient (Wildman–Crippen LogP) is 2.67. The highest BCUT2D eigenvalue weighted by Gasteiger charge is 2.40. The van der Waals surface area contributed by atoms with Gasteiger partial charge in [0.2, 0.25) is 0 Å². The van der Waals surface area contributed by atoms with E-state index < -0.39 is 36.3 Å². The Morgan fingerprint density at radius 3 is 2.40 bits per heavy atom. The standard InChI is InChI=1S/C11H8ClF4NO3/c12-6-2-1-5(3-7(6)13)8(4-9(18)19)17-10(20)11(14,15)16/h1-3,8H,4H2,(H,17,20)(H,18,19)/t8-/m0/s1. The van der Waals surface area contributed by atoms with Gasteiger partial charge in [-0.2, -0.15) is 13.2 Å². The number of halogens is 5. The molecule has 1 aromatic carbocycles. The van der Waals surface area contributed by atoms with Crippen molar-refractivity contribution in [2.24, 2.45) is 0 Å². The molecule has 0 aliphatic carbocycles. The molecule has 0 unspecified atom stereocenters. The van der Waals surface area contributed by atoms with Crippen molar-refractivity contribution < 1.29 is 32.3 Å². The normalized spacial score (nSPS) is 12.8. The molecule has 1 amide bonds. The lowest BCUT2D eigenvalue weighted by atomic mass is 10.0. The van der Waals surface area contributed by atoms with E-state index in [4.69, 9.17) is 16.7 Å². The lowest BCUT2D eigenvalue weighted by Crippen LogP contribution is -2.39. The molecule has 4 nitrogen and oxygen atoms in total. The lowest BCUT2D eigenvalue weighted by molar-refractivity contribution is -0.174. The molecular weight excluding hydrogens is 306 g/mol. The first-order chi connectivity index (χ1) is 9.11. The zero-order valence-electron chi connectivity index (χ0n) is 9.67. The Balaban J connectivity index is 3.03. The fourth-order valence-electron chi connectivity index (χ4n) is 1.40. The number of carbonyl (C=O) groups is 2. The highest BCUT2D eigenvalue weighted by Crippen LogP contribution is 2.24. The average Bonchev–Trinajstić information content (AvgIpc) is 2.30. The molecule has 0 fully saturated rings. The number of benzene rings is 1. The van der Waals surface area contributed by atoms with Gasteiger partial charge >= 0.3 is 18.1 Å². The van der Waals surface area contributed by atoms with Gasteiger partial charge in [0.05, 0.1) is 17.5 Å². The van der Waals surface area contributed by atoms with Crippen molar-refractivity contribution in [3.05, 3.63) is 34.6 Å². The Morgan fingerprint density at radius 1 is 1.35 bits per heavy atom. The minimum Gasteiger partial charge on any atom is -0.481 e. The van der Waals surface area contributed by atoms with Gasteiger partial charge in [-0.05, 0) is 17.7 Å². The topological polar surface area (TPSA) is 66.4 Å². The number of rotatable bonds is 4. The van der Waals surface area contributed by atoms with Crippen molar-refractivity contribution >= 4 is 23.5 Å². The molecule has 0 bridgehead atoms. The molecule has 0 radical (unpaired) electrons. The number of carboxylic acids is 1. The Morgan fingerprint density at radius 2 is 1.95 bits per heavy atom. The molecule has 20 heavy (non-hydrogen) atoms. The van der Waals surface area contributed by atoms with E-state index in [1.807, 2.05) is 0 Å².